The van der Waals surface area contributed by atoms with Crippen molar-refractivity contribution in [2.45, 2.75) is 19.4 Å². The van der Waals surface area contributed by atoms with E-state index in [9.17, 15) is 4.79 Å². The normalized spacial score (nSPS) is 12.1. The molecule has 0 aliphatic rings. The van der Waals surface area contributed by atoms with Crippen molar-refractivity contribution in [1.82, 2.24) is 4.98 Å². The average Bonchev–Trinajstić information content (AvgIpc) is 2.90. The van der Waals surface area contributed by atoms with Gasteiger partial charge in [-0.2, -0.15) is 0 Å². The standard InChI is InChI=1S/C13H14N2O2S/c1-2-10(12-4-3-7-18-12)15-9-5-6-14-11(8-9)13(16)17/h3-8,10H,2H2,1H3,(H,14,15)(H,16,17). The molecule has 0 spiro atoms. The third kappa shape index (κ3) is 2.87. The van der Waals surface area contributed by atoms with Crippen LogP contribution in [0.2, 0.25) is 0 Å². The van der Waals surface area contributed by atoms with E-state index in [1.807, 2.05) is 11.4 Å². The summed E-state index contributed by atoms with van der Waals surface area (Å²) in [6, 6.07) is 7.63. The van der Waals surface area contributed by atoms with Gasteiger partial charge in [-0.15, -0.1) is 11.3 Å². The van der Waals surface area contributed by atoms with Crippen molar-refractivity contribution in [1.29, 1.82) is 0 Å². The first-order chi connectivity index (χ1) is 8.70. The predicted molar refractivity (Wildman–Crippen MR) is 72.2 cm³/mol. The van der Waals surface area contributed by atoms with Crippen LogP contribution >= 0.6 is 11.3 Å². The SMILES string of the molecule is CCC(Nc1ccnc(C(=O)O)c1)c1cccs1. The van der Waals surface area contributed by atoms with Gasteiger partial charge in [0.15, 0.2) is 0 Å². The third-order valence-corrected chi connectivity index (χ3v) is 3.60. The molecule has 0 saturated heterocycles. The first-order valence-corrected chi connectivity index (χ1v) is 6.58. The van der Waals surface area contributed by atoms with Crippen LogP contribution in [0.5, 0.6) is 0 Å². The summed E-state index contributed by atoms with van der Waals surface area (Å²) in [5, 5.41) is 14.3. The highest BCUT2D eigenvalue weighted by atomic mass is 32.1. The molecule has 0 aliphatic heterocycles. The fourth-order valence-corrected chi connectivity index (χ4v) is 2.56. The van der Waals surface area contributed by atoms with Gasteiger partial charge in [-0.25, -0.2) is 9.78 Å². The molecule has 2 rings (SSSR count). The number of anilines is 1. The highest BCUT2D eigenvalue weighted by Gasteiger charge is 2.11. The lowest BCUT2D eigenvalue weighted by Crippen LogP contribution is -2.09. The van der Waals surface area contributed by atoms with E-state index < -0.39 is 5.97 Å². The number of rotatable bonds is 5. The molecule has 4 nitrogen and oxygen atoms in total. The second-order valence-corrected chi connectivity index (χ2v) is 4.83. The number of hydrogen-bond donors (Lipinski definition) is 2. The average molecular weight is 262 g/mol. The number of carboxylic acids is 1. The van der Waals surface area contributed by atoms with Crippen LogP contribution in [0.3, 0.4) is 0 Å². The summed E-state index contributed by atoms with van der Waals surface area (Å²) in [6.45, 7) is 2.09. The Balaban J connectivity index is 2.17. The fourth-order valence-electron chi connectivity index (χ4n) is 1.70. The van der Waals surface area contributed by atoms with Crippen LogP contribution in [0.1, 0.15) is 34.8 Å². The van der Waals surface area contributed by atoms with Gasteiger partial charge in [-0.1, -0.05) is 13.0 Å². The first-order valence-electron chi connectivity index (χ1n) is 5.70. The third-order valence-electron chi connectivity index (χ3n) is 2.61. The van der Waals surface area contributed by atoms with Gasteiger partial charge in [-0.05, 0) is 30.0 Å². The van der Waals surface area contributed by atoms with Crippen molar-refractivity contribution >= 4 is 23.0 Å². The van der Waals surface area contributed by atoms with Gasteiger partial charge >= 0.3 is 5.97 Å². The van der Waals surface area contributed by atoms with E-state index in [1.54, 1.807) is 23.5 Å². The first kappa shape index (κ1) is 12.6. The van der Waals surface area contributed by atoms with Crippen LogP contribution in [0.15, 0.2) is 35.8 Å². The molecule has 2 heterocycles. The van der Waals surface area contributed by atoms with Crippen LogP contribution in [0, 0.1) is 0 Å². The Morgan fingerprint density at radius 2 is 2.39 bits per heavy atom. The number of nitrogens with one attached hydrogen (secondary N) is 1. The van der Waals surface area contributed by atoms with E-state index in [2.05, 4.69) is 23.3 Å². The van der Waals surface area contributed by atoms with Gasteiger partial charge in [-0.3, -0.25) is 0 Å². The zero-order valence-corrected chi connectivity index (χ0v) is 10.8. The molecule has 0 fully saturated rings. The molecular weight excluding hydrogens is 248 g/mol. The lowest BCUT2D eigenvalue weighted by molar-refractivity contribution is 0.0690. The quantitative estimate of drug-likeness (QED) is 0.866. The van der Waals surface area contributed by atoms with Crippen LogP contribution in [-0.4, -0.2) is 16.1 Å². The molecule has 2 N–H and O–H groups in total. The van der Waals surface area contributed by atoms with Crippen molar-refractivity contribution in [2.24, 2.45) is 0 Å². The van der Waals surface area contributed by atoms with Crippen molar-refractivity contribution in [2.75, 3.05) is 5.32 Å². The second-order valence-electron chi connectivity index (χ2n) is 3.86. The Bertz CT molecular complexity index is 526. The maximum absolute atomic E-state index is 10.8. The highest BCUT2D eigenvalue weighted by molar-refractivity contribution is 7.10. The summed E-state index contributed by atoms with van der Waals surface area (Å²) in [7, 11) is 0. The van der Waals surface area contributed by atoms with E-state index >= 15 is 0 Å². The zero-order chi connectivity index (χ0) is 13.0. The Morgan fingerprint density at radius 1 is 1.56 bits per heavy atom. The molecule has 0 bridgehead atoms. The topological polar surface area (TPSA) is 62.2 Å². The summed E-state index contributed by atoms with van der Waals surface area (Å²) in [6.07, 6.45) is 2.44. The van der Waals surface area contributed by atoms with Gasteiger partial charge < -0.3 is 10.4 Å². The van der Waals surface area contributed by atoms with Crippen molar-refractivity contribution in [3.8, 4) is 0 Å². The van der Waals surface area contributed by atoms with Gasteiger partial charge in [0.1, 0.15) is 5.69 Å². The zero-order valence-electron chi connectivity index (χ0n) is 9.96. The maximum Gasteiger partial charge on any atom is 0.354 e. The molecule has 18 heavy (non-hydrogen) atoms. The molecule has 0 radical (unpaired) electrons. The van der Waals surface area contributed by atoms with E-state index in [1.165, 1.54) is 11.1 Å². The molecule has 2 aromatic heterocycles. The maximum atomic E-state index is 10.8. The molecule has 0 saturated carbocycles. The molecule has 94 valence electrons. The van der Waals surface area contributed by atoms with Crippen LogP contribution in [0.4, 0.5) is 5.69 Å². The summed E-state index contributed by atoms with van der Waals surface area (Å²) in [5.41, 5.74) is 0.837. The van der Waals surface area contributed by atoms with Crippen LogP contribution in [0.25, 0.3) is 0 Å². The Labute approximate surface area is 109 Å². The van der Waals surface area contributed by atoms with Gasteiger partial charge in [0, 0.05) is 16.8 Å². The molecule has 1 atom stereocenters. The minimum Gasteiger partial charge on any atom is -0.477 e. The lowest BCUT2D eigenvalue weighted by atomic mass is 10.1. The molecule has 1 unspecified atom stereocenters. The Kier molecular flexibility index (Phi) is 3.94. The predicted octanol–water partition coefficient (Wildman–Crippen LogP) is 3.40. The molecule has 0 aliphatic carbocycles. The van der Waals surface area contributed by atoms with Gasteiger partial charge in [0.2, 0.25) is 0 Å². The van der Waals surface area contributed by atoms with Crippen molar-refractivity contribution in [3.05, 3.63) is 46.4 Å². The number of nitrogens with zero attached hydrogens (tertiary/aromatic N) is 1. The number of carboxylic acid groups (broad SMARTS) is 1. The lowest BCUT2D eigenvalue weighted by Gasteiger charge is -2.16. The molecule has 5 heteroatoms. The monoisotopic (exact) mass is 262 g/mol. The van der Waals surface area contributed by atoms with E-state index in [0.717, 1.165) is 12.1 Å². The number of pyridine rings is 1. The summed E-state index contributed by atoms with van der Waals surface area (Å²) in [5.74, 6) is -1.01. The number of hydrogen-bond acceptors (Lipinski definition) is 4. The summed E-state index contributed by atoms with van der Waals surface area (Å²) < 4.78 is 0. The van der Waals surface area contributed by atoms with E-state index in [-0.39, 0.29) is 11.7 Å². The molecule has 0 amide bonds. The summed E-state index contributed by atoms with van der Waals surface area (Å²) in [4.78, 5) is 15.9. The van der Waals surface area contributed by atoms with Crippen molar-refractivity contribution in [3.63, 3.8) is 0 Å². The highest BCUT2D eigenvalue weighted by Crippen LogP contribution is 2.26. The van der Waals surface area contributed by atoms with E-state index in [0.29, 0.717) is 0 Å². The fraction of sp³-hybridized carbons (Fsp3) is 0.231. The Hall–Kier alpha value is -1.88. The number of carbonyl (C=O) groups is 1. The second kappa shape index (κ2) is 5.64. The number of thiophene rings is 1. The number of aromatic nitrogens is 1. The summed E-state index contributed by atoms with van der Waals surface area (Å²) >= 11 is 1.69. The number of aromatic carboxylic acids is 1. The van der Waals surface area contributed by atoms with Gasteiger partial charge in [0.05, 0.1) is 6.04 Å². The minimum absolute atomic E-state index is 0.0565. The molecule has 2 aromatic rings. The van der Waals surface area contributed by atoms with E-state index in [4.69, 9.17) is 5.11 Å². The smallest absolute Gasteiger partial charge is 0.354 e. The van der Waals surface area contributed by atoms with Crippen LogP contribution < -0.4 is 5.32 Å². The van der Waals surface area contributed by atoms with Crippen molar-refractivity contribution < 1.29 is 9.90 Å². The minimum atomic E-state index is -1.01. The Morgan fingerprint density at radius 3 is 3.00 bits per heavy atom. The van der Waals surface area contributed by atoms with Gasteiger partial charge in [0.25, 0.3) is 0 Å². The van der Waals surface area contributed by atoms with Crippen LogP contribution in [-0.2, 0) is 0 Å². The molecule has 0 aromatic carbocycles. The molecular formula is C13H14N2O2S. The largest absolute Gasteiger partial charge is 0.477 e.